The molecule has 1 N–H and O–H groups in total. The van der Waals surface area contributed by atoms with Crippen molar-refractivity contribution in [1.82, 2.24) is 9.97 Å². The number of rotatable bonds is 7. The zero-order valence-corrected chi connectivity index (χ0v) is 17.0. The average molecular weight is 399 g/mol. The van der Waals surface area contributed by atoms with Crippen molar-refractivity contribution in [1.29, 1.82) is 0 Å². The highest BCUT2D eigenvalue weighted by atomic mass is 35.5. The van der Waals surface area contributed by atoms with Crippen LogP contribution in [-0.4, -0.2) is 23.7 Å². The average Bonchev–Trinajstić information content (AvgIpc) is 2.69. The zero-order valence-electron chi connectivity index (χ0n) is 16.2. The first-order valence-corrected chi connectivity index (χ1v) is 9.59. The monoisotopic (exact) mass is 398 g/mol. The number of fused-ring (bicyclic) bond motifs is 1. The van der Waals surface area contributed by atoms with E-state index >= 15 is 0 Å². The molecule has 0 spiro atoms. The molecule has 0 radical (unpaired) electrons. The number of H-pyrrole nitrogens is 1. The number of aromatic amines is 1. The third-order valence-corrected chi connectivity index (χ3v) is 4.69. The lowest BCUT2D eigenvalue weighted by molar-refractivity contribution is 0.288. The summed E-state index contributed by atoms with van der Waals surface area (Å²) in [6.07, 6.45) is 3.76. The molecule has 1 heterocycles. The lowest BCUT2D eigenvalue weighted by Gasteiger charge is -2.11. The molecule has 3 aromatic rings. The smallest absolute Gasteiger partial charge is 0.259 e. The highest BCUT2D eigenvalue weighted by molar-refractivity contribution is 6.50. The first-order chi connectivity index (χ1) is 13.5. The van der Waals surface area contributed by atoms with Crippen molar-refractivity contribution in [3.05, 3.63) is 63.7 Å². The summed E-state index contributed by atoms with van der Waals surface area (Å²) >= 11 is 6.47. The molecule has 2 aromatic carbocycles. The number of methoxy groups -OCH3 is 1. The van der Waals surface area contributed by atoms with E-state index in [0.717, 1.165) is 24.0 Å². The molecule has 6 heteroatoms. The van der Waals surface area contributed by atoms with Crippen LogP contribution in [0.4, 0.5) is 0 Å². The molecule has 0 bridgehead atoms. The number of nitrogens with zero attached hydrogens (tertiary/aromatic N) is 1. The Bertz CT molecular complexity index is 1070. The van der Waals surface area contributed by atoms with Crippen molar-refractivity contribution in [2.75, 3.05) is 13.7 Å². The lowest BCUT2D eigenvalue weighted by Crippen LogP contribution is -2.11. The zero-order chi connectivity index (χ0) is 20.1. The number of hydrogen-bond acceptors (Lipinski definition) is 4. The fourth-order valence-corrected chi connectivity index (χ4v) is 3.07. The molecule has 28 heavy (non-hydrogen) atoms. The normalized spacial score (nSPS) is 11.6. The molecule has 0 fully saturated rings. The topological polar surface area (TPSA) is 64.2 Å². The standard InChI is InChI=1S/C22H23ClN2O3/c1-4-5-11-28-19-13-15(9-10-18(19)27-3)12-17(23)21-24-20-14(2)7-6-8-16(20)22(26)25-21/h6-10,12-13H,4-5,11H2,1-3H3,(H,24,25,26)/b17-12-. The molecule has 0 aliphatic rings. The van der Waals surface area contributed by atoms with Gasteiger partial charge in [0.1, 0.15) is 0 Å². The van der Waals surface area contributed by atoms with Gasteiger partial charge in [0, 0.05) is 0 Å². The summed E-state index contributed by atoms with van der Waals surface area (Å²) in [5, 5.41) is 0.885. The highest BCUT2D eigenvalue weighted by Crippen LogP contribution is 2.30. The minimum absolute atomic E-state index is 0.214. The van der Waals surface area contributed by atoms with Crippen LogP contribution in [0.1, 0.15) is 36.7 Å². The van der Waals surface area contributed by atoms with Gasteiger partial charge < -0.3 is 14.5 Å². The van der Waals surface area contributed by atoms with E-state index in [4.69, 9.17) is 21.1 Å². The van der Waals surface area contributed by atoms with Crippen LogP contribution in [0.25, 0.3) is 22.0 Å². The maximum Gasteiger partial charge on any atom is 0.259 e. The molecule has 146 valence electrons. The summed E-state index contributed by atoms with van der Waals surface area (Å²) in [5.41, 5.74) is 2.18. The van der Waals surface area contributed by atoms with Gasteiger partial charge in [-0.2, -0.15) is 0 Å². The molecule has 3 rings (SSSR count). The first kappa shape index (κ1) is 20.0. The number of para-hydroxylation sites is 1. The van der Waals surface area contributed by atoms with Crippen molar-refractivity contribution < 1.29 is 9.47 Å². The largest absolute Gasteiger partial charge is 0.493 e. The van der Waals surface area contributed by atoms with Crippen molar-refractivity contribution in [3.8, 4) is 11.5 Å². The van der Waals surface area contributed by atoms with Gasteiger partial charge in [-0.05, 0) is 48.7 Å². The third kappa shape index (κ3) is 4.37. The van der Waals surface area contributed by atoms with Crippen LogP contribution in [0.15, 0.2) is 41.2 Å². The van der Waals surface area contributed by atoms with Gasteiger partial charge in [-0.25, -0.2) is 4.98 Å². The number of unbranched alkanes of at least 4 members (excludes halogenated alkanes) is 1. The van der Waals surface area contributed by atoms with Crippen LogP contribution in [0.3, 0.4) is 0 Å². The van der Waals surface area contributed by atoms with Crippen LogP contribution < -0.4 is 15.0 Å². The van der Waals surface area contributed by atoms with Crippen molar-refractivity contribution in [2.45, 2.75) is 26.7 Å². The minimum Gasteiger partial charge on any atom is -0.493 e. The van der Waals surface area contributed by atoms with Crippen molar-refractivity contribution >= 4 is 33.6 Å². The Labute approximate surface area is 169 Å². The van der Waals surface area contributed by atoms with Crippen LogP contribution in [0, 0.1) is 6.92 Å². The van der Waals surface area contributed by atoms with Gasteiger partial charge >= 0.3 is 0 Å². The van der Waals surface area contributed by atoms with E-state index in [-0.39, 0.29) is 5.56 Å². The maximum atomic E-state index is 12.4. The Morgan fingerprint density at radius 3 is 2.82 bits per heavy atom. The molecule has 0 saturated heterocycles. The van der Waals surface area contributed by atoms with Gasteiger partial charge in [-0.3, -0.25) is 4.79 Å². The molecule has 0 aliphatic carbocycles. The van der Waals surface area contributed by atoms with E-state index in [1.807, 2.05) is 37.3 Å². The predicted molar refractivity (Wildman–Crippen MR) is 114 cm³/mol. The SMILES string of the molecule is CCCCOc1cc(/C=C(\Cl)c2nc3c(C)cccc3c(=O)[nH]2)ccc1OC. The van der Waals surface area contributed by atoms with E-state index in [1.54, 1.807) is 19.3 Å². The van der Waals surface area contributed by atoms with Gasteiger partial charge in [-0.15, -0.1) is 0 Å². The first-order valence-electron chi connectivity index (χ1n) is 9.21. The fraction of sp³-hybridized carbons (Fsp3) is 0.273. The Hall–Kier alpha value is -2.79. The number of halogens is 1. The Morgan fingerprint density at radius 1 is 1.25 bits per heavy atom. The number of aryl methyl sites for hydroxylation is 1. The van der Waals surface area contributed by atoms with E-state index in [0.29, 0.717) is 39.9 Å². The number of aromatic nitrogens is 2. The number of hydrogen-bond donors (Lipinski definition) is 1. The van der Waals surface area contributed by atoms with Gasteiger partial charge in [-0.1, -0.05) is 43.1 Å². The molecular weight excluding hydrogens is 376 g/mol. The van der Waals surface area contributed by atoms with Gasteiger partial charge in [0.05, 0.1) is 29.7 Å². The molecule has 0 atom stereocenters. The van der Waals surface area contributed by atoms with Crippen LogP contribution >= 0.6 is 11.6 Å². The number of benzene rings is 2. The molecule has 5 nitrogen and oxygen atoms in total. The summed E-state index contributed by atoms with van der Waals surface area (Å²) in [4.78, 5) is 19.7. The summed E-state index contributed by atoms with van der Waals surface area (Å²) < 4.78 is 11.2. The van der Waals surface area contributed by atoms with Crippen molar-refractivity contribution in [3.63, 3.8) is 0 Å². The van der Waals surface area contributed by atoms with E-state index < -0.39 is 0 Å². The molecule has 1 aromatic heterocycles. The van der Waals surface area contributed by atoms with E-state index in [1.165, 1.54) is 0 Å². The Balaban J connectivity index is 1.97. The second-order valence-electron chi connectivity index (χ2n) is 6.49. The second-order valence-corrected chi connectivity index (χ2v) is 6.90. The van der Waals surface area contributed by atoms with Crippen LogP contribution in [-0.2, 0) is 0 Å². The van der Waals surface area contributed by atoms with Gasteiger partial charge in [0.15, 0.2) is 17.3 Å². The molecule has 0 amide bonds. The Kier molecular flexibility index (Phi) is 6.37. The number of nitrogens with one attached hydrogen (secondary N) is 1. The summed E-state index contributed by atoms with van der Waals surface area (Å²) in [7, 11) is 1.61. The minimum atomic E-state index is -0.214. The van der Waals surface area contributed by atoms with E-state index in [2.05, 4.69) is 16.9 Å². The van der Waals surface area contributed by atoms with Crippen LogP contribution in [0.5, 0.6) is 11.5 Å². The fourth-order valence-electron chi connectivity index (χ4n) is 2.86. The summed E-state index contributed by atoms with van der Waals surface area (Å²) in [5.74, 6) is 1.65. The maximum absolute atomic E-state index is 12.4. The quantitative estimate of drug-likeness (QED) is 0.558. The predicted octanol–water partition coefficient (Wildman–Crippen LogP) is 5.16. The third-order valence-electron chi connectivity index (χ3n) is 4.40. The van der Waals surface area contributed by atoms with Gasteiger partial charge in [0.25, 0.3) is 5.56 Å². The lowest BCUT2D eigenvalue weighted by atomic mass is 10.1. The highest BCUT2D eigenvalue weighted by Gasteiger charge is 2.10. The molecule has 0 saturated carbocycles. The number of ether oxygens (including phenoxy) is 2. The summed E-state index contributed by atoms with van der Waals surface area (Å²) in [6.45, 7) is 4.64. The summed E-state index contributed by atoms with van der Waals surface area (Å²) in [6, 6.07) is 11.1. The molecule has 0 unspecified atom stereocenters. The second kappa shape index (κ2) is 8.93. The van der Waals surface area contributed by atoms with Crippen molar-refractivity contribution in [2.24, 2.45) is 0 Å². The van der Waals surface area contributed by atoms with E-state index in [9.17, 15) is 4.79 Å². The van der Waals surface area contributed by atoms with Crippen LogP contribution in [0.2, 0.25) is 0 Å². The molecule has 0 aliphatic heterocycles. The van der Waals surface area contributed by atoms with Gasteiger partial charge in [0.2, 0.25) is 0 Å². The Morgan fingerprint density at radius 2 is 2.07 bits per heavy atom. The molecular formula is C22H23ClN2O3.